The van der Waals surface area contributed by atoms with Gasteiger partial charge in [0.05, 0.1) is 5.69 Å². The molecule has 0 fully saturated rings. The van der Waals surface area contributed by atoms with Crippen molar-refractivity contribution in [3.8, 4) is 5.75 Å². The molecule has 1 aromatic heterocycles. The highest BCUT2D eigenvalue weighted by Crippen LogP contribution is 2.30. The van der Waals surface area contributed by atoms with Crippen molar-refractivity contribution >= 4 is 22.5 Å². The number of fused-ring (bicyclic) bond motifs is 1. The lowest BCUT2D eigenvalue weighted by atomic mass is 10.2. The molecule has 0 saturated carbocycles. The molecule has 0 atom stereocenters. The fraction of sp³-hybridized carbons (Fsp3) is 0.118. The van der Waals surface area contributed by atoms with E-state index < -0.39 is 18.0 Å². The standard InChI is InChI=1S/C17H13F3N2O2/c18-17(19,20)24-15-8-4-2-6-13(15)21-16(23)11-22-10-9-12-5-1-3-7-14(12)22/h1-10H,11H2,(H,21,23). The van der Waals surface area contributed by atoms with Crippen LogP contribution in [0.4, 0.5) is 18.9 Å². The molecule has 1 amide bonds. The van der Waals surface area contributed by atoms with E-state index in [0.29, 0.717) is 0 Å². The fourth-order valence-electron chi connectivity index (χ4n) is 2.41. The van der Waals surface area contributed by atoms with E-state index in [2.05, 4.69) is 10.1 Å². The summed E-state index contributed by atoms with van der Waals surface area (Å²) in [6, 6.07) is 14.8. The van der Waals surface area contributed by atoms with Crippen LogP contribution in [0.5, 0.6) is 5.75 Å². The molecule has 0 saturated heterocycles. The predicted molar refractivity (Wildman–Crippen MR) is 83.7 cm³/mol. The first kappa shape index (κ1) is 15.9. The van der Waals surface area contributed by atoms with E-state index in [4.69, 9.17) is 0 Å². The molecule has 3 aromatic rings. The van der Waals surface area contributed by atoms with Gasteiger partial charge in [0, 0.05) is 11.7 Å². The number of alkyl halides is 3. The lowest BCUT2D eigenvalue weighted by Crippen LogP contribution is -2.21. The van der Waals surface area contributed by atoms with Crippen molar-refractivity contribution in [2.75, 3.05) is 5.32 Å². The number of anilines is 1. The molecule has 0 radical (unpaired) electrons. The Morgan fingerprint density at radius 3 is 2.54 bits per heavy atom. The number of hydrogen-bond donors (Lipinski definition) is 1. The molecule has 0 aliphatic carbocycles. The Hall–Kier alpha value is -2.96. The van der Waals surface area contributed by atoms with E-state index >= 15 is 0 Å². The van der Waals surface area contributed by atoms with Gasteiger partial charge in [0.15, 0.2) is 5.75 Å². The Bertz CT molecular complexity index is 871. The largest absolute Gasteiger partial charge is 0.573 e. The number of aromatic nitrogens is 1. The van der Waals surface area contributed by atoms with Crippen molar-refractivity contribution in [3.63, 3.8) is 0 Å². The van der Waals surface area contributed by atoms with Gasteiger partial charge in [-0.15, -0.1) is 13.2 Å². The van der Waals surface area contributed by atoms with Gasteiger partial charge in [-0.1, -0.05) is 30.3 Å². The Kier molecular flexibility index (Phi) is 4.16. The maximum Gasteiger partial charge on any atom is 0.573 e. The number of carbonyl (C=O) groups excluding carboxylic acids is 1. The molecule has 0 spiro atoms. The van der Waals surface area contributed by atoms with Crippen LogP contribution in [0.1, 0.15) is 0 Å². The first-order valence-corrected chi connectivity index (χ1v) is 7.11. The normalized spacial score (nSPS) is 11.5. The van der Waals surface area contributed by atoms with E-state index in [9.17, 15) is 18.0 Å². The van der Waals surface area contributed by atoms with Gasteiger partial charge in [-0.25, -0.2) is 0 Å². The topological polar surface area (TPSA) is 43.3 Å². The van der Waals surface area contributed by atoms with Gasteiger partial charge in [0.25, 0.3) is 0 Å². The summed E-state index contributed by atoms with van der Waals surface area (Å²) in [7, 11) is 0. The molecule has 24 heavy (non-hydrogen) atoms. The molecule has 0 unspecified atom stereocenters. The van der Waals surface area contributed by atoms with Crippen LogP contribution in [0.25, 0.3) is 10.9 Å². The summed E-state index contributed by atoms with van der Waals surface area (Å²) in [5.74, 6) is -0.898. The molecule has 4 nitrogen and oxygen atoms in total. The van der Waals surface area contributed by atoms with Crippen LogP contribution in [-0.4, -0.2) is 16.8 Å². The number of rotatable bonds is 4. The summed E-state index contributed by atoms with van der Waals surface area (Å²) in [5, 5.41) is 3.43. The lowest BCUT2D eigenvalue weighted by molar-refractivity contribution is -0.274. The average Bonchev–Trinajstić information content (AvgIpc) is 2.91. The van der Waals surface area contributed by atoms with Crippen molar-refractivity contribution in [3.05, 3.63) is 60.8 Å². The summed E-state index contributed by atoms with van der Waals surface area (Å²) in [4.78, 5) is 12.2. The van der Waals surface area contributed by atoms with Gasteiger partial charge in [-0.3, -0.25) is 4.79 Å². The molecule has 124 valence electrons. The van der Waals surface area contributed by atoms with Crippen LogP contribution >= 0.6 is 0 Å². The Morgan fingerprint density at radius 1 is 1.04 bits per heavy atom. The molecule has 1 N–H and O–H groups in total. The minimum atomic E-state index is -4.82. The van der Waals surface area contributed by atoms with Crippen LogP contribution in [-0.2, 0) is 11.3 Å². The van der Waals surface area contributed by atoms with Gasteiger partial charge in [0.1, 0.15) is 6.54 Å². The first-order valence-electron chi connectivity index (χ1n) is 7.11. The summed E-state index contributed by atoms with van der Waals surface area (Å²) in [5.41, 5.74) is 0.837. The second-order valence-electron chi connectivity index (χ2n) is 5.09. The van der Waals surface area contributed by atoms with E-state index in [-0.39, 0.29) is 12.2 Å². The number of benzene rings is 2. The van der Waals surface area contributed by atoms with Crippen LogP contribution in [0, 0.1) is 0 Å². The zero-order chi connectivity index (χ0) is 17.2. The predicted octanol–water partition coefficient (Wildman–Crippen LogP) is 4.18. The van der Waals surface area contributed by atoms with Crippen LogP contribution in [0.15, 0.2) is 60.8 Å². The first-order chi connectivity index (χ1) is 11.4. The SMILES string of the molecule is O=C(Cn1ccc2ccccc21)Nc1ccccc1OC(F)(F)F. The minimum Gasteiger partial charge on any atom is -0.404 e. The van der Waals surface area contributed by atoms with Crippen LogP contribution in [0.3, 0.4) is 0 Å². The number of para-hydroxylation sites is 3. The molecule has 2 aromatic carbocycles. The van der Waals surface area contributed by atoms with Gasteiger partial charge >= 0.3 is 6.36 Å². The zero-order valence-corrected chi connectivity index (χ0v) is 12.4. The Morgan fingerprint density at radius 2 is 1.75 bits per heavy atom. The number of halogens is 3. The fourth-order valence-corrected chi connectivity index (χ4v) is 2.41. The number of amides is 1. The van der Waals surface area contributed by atoms with Gasteiger partial charge in [-0.05, 0) is 29.7 Å². The Balaban J connectivity index is 1.76. The molecule has 0 aliphatic heterocycles. The maximum atomic E-state index is 12.4. The second-order valence-corrected chi connectivity index (χ2v) is 5.09. The van der Waals surface area contributed by atoms with Crippen molar-refractivity contribution in [1.82, 2.24) is 4.57 Å². The third-order valence-electron chi connectivity index (χ3n) is 3.38. The molecule has 3 rings (SSSR count). The summed E-state index contributed by atoms with van der Waals surface area (Å²) < 4.78 is 42.8. The summed E-state index contributed by atoms with van der Waals surface area (Å²) in [6.45, 7) is -0.0200. The van der Waals surface area contributed by atoms with Gasteiger partial charge < -0.3 is 14.6 Å². The molecular weight excluding hydrogens is 321 g/mol. The zero-order valence-electron chi connectivity index (χ0n) is 12.4. The molecule has 0 bridgehead atoms. The summed E-state index contributed by atoms with van der Waals surface area (Å²) >= 11 is 0. The second kappa shape index (κ2) is 6.27. The highest BCUT2D eigenvalue weighted by atomic mass is 19.4. The molecule has 7 heteroatoms. The van der Waals surface area contributed by atoms with E-state index in [1.807, 2.05) is 30.3 Å². The van der Waals surface area contributed by atoms with E-state index in [1.54, 1.807) is 10.8 Å². The number of nitrogens with zero attached hydrogens (tertiary/aromatic N) is 1. The Labute approximate surface area is 135 Å². The number of hydrogen-bond acceptors (Lipinski definition) is 2. The third-order valence-corrected chi connectivity index (χ3v) is 3.38. The highest BCUT2D eigenvalue weighted by Gasteiger charge is 2.32. The van der Waals surface area contributed by atoms with Crippen LogP contribution < -0.4 is 10.1 Å². The smallest absolute Gasteiger partial charge is 0.404 e. The van der Waals surface area contributed by atoms with Crippen molar-refractivity contribution < 1.29 is 22.7 Å². The number of carbonyl (C=O) groups is 1. The number of ether oxygens (including phenoxy) is 1. The summed E-state index contributed by atoms with van der Waals surface area (Å²) in [6.07, 6.45) is -3.07. The van der Waals surface area contributed by atoms with Gasteiger partial charge in [0.2, 0.25) is 5.91 Å². The monoisotopic (exact) mass is 334 g/mol. The third kappa shape index (κ3) is 3.68. The quantitative estimate of drug-likeness (QED) is 0.778. The molecule has 1 heterocycles. The lowest BCUT2D eigenvalue weighted by Gasteiger charge is -2.14. The average molecular weight is 334 g/mol. The molecule has 0 aliphatic rings. The van der Waals surface area contributed by atoms with Gasteiger partial charge in [-0.2, -0.15) is 0 Å². The number of nitrogens with one attached hydrogen (secondary N) is 1. The van der Waals surface area contributed by atoms with E-state index in [0.717, 1.165) is 17.0 Å². The van der Waals surface area contributed by atoms with E-state index in [1.165, 1.54) is 18.2 Å². The van der Waals surface area contributed by atoms with Crippen molar-refractivity contribution in [1.29, 1.82) is 0 Å². The van der Waals surface area contributed by atoms with Crippen molar-refractivity contribution in [2.24, 2.45) is 0 Å². The van der Waals surface area contributed by atoms with Crippen LogP contribution in [0.2, 0.25) is 0 Å². The highest BCUT2D eigenvalue weighted by molar-refractivity contribution is 5.93. The van der Waals surface area contributed by atoms with Crippen molar-refractivity contribution in [2.45, 2.75) is 12.9 Å². The molecular formula is C17H13F3N2O2. The maximum absolute atomic E-state index is 12.4. The minimum absolute atomic E-state index is 0.0200.